The van der Waals surface area contributed by atoms with Crippen LogP contribution >= 0.6 is 11.6 Å². The molecule has 1 aromatic heterocycles. The second-order valence-electron chi connectivity index (χ2n) is 7.57. The van der Waals surface area contributed by atoms with Crippen LogP contribution in [0.5, 0.6) is 5.75 Å². The molecule has 0 atom stereocenters. The highest BCUT2D eigenvalue weighted by Gasteiger charge is 2.20. The molecule has 7 nitrogen and oxygen atoms in total. The van der Waals surface area contributed by atoms with Crippen molar-refractivity contribution in [3.8, 4) is 5.75 Å². The molecule has 0 saturated carbocycles. The molecule has 3 aromatic carbocycles. The van der Waals surface area contributed by atoms with Gasteiger partial charge in [-0.25, -0.2) is 8.42 Å². The van der Waals surface area contributed by atoms with Gasteiger partial charge in [0.1, 0.15) is 10.6 Å². The molecule has 4 rings (SSSR count). The van der Waals surface area contributed by atoms with Crippen LogP contribution in [0.25, 0.3) is 10.9 Å². The summed E-state index contributed by atoms with van der Waals surface area (Å²) in [5, 5.41) is 3.97. The van der Waals surface area contributed by atoms with Gasteiger partial charge in [0.15, 0.2) is 0 Å². The summed E-state index contributed by atoms with van der Waals surface area (Å²) >= 11 is 6.17. The highest BCUT2D eigenvalue weighted by Crippen LogP contribution is 2.26. The number of hydrogen-bond acceptors (Lipinski definition) is 4. The first-order valence-corrected chi connectivity index (χ1v) is 12.6. The lowest BCUT2D eigenvalue weighted by Gasteiger charge is -2.12. The number of benzene rings is 3. The second kappa shape index (κ2) is 10.2. The minimum absolute atomic E-state index is 0.0220. The highest BCUT2D eigenvalue weighted by molar-refractivity contribution is 7.92. The van der Waals surface area contributed by atoms with Crippen LogP contribution in [0.4, 0.5) is 5.69 Å². The fourth-order valence-electron chi connectivity index (χ4n) is 3.60. The molecule has 0 spiro atoms. The van der Waals surface area contributed by atoms with Crippen LogP contribution in [0.2, 0.25) is 5.02 Å². The number of aromatic nitrogens is 1. The Bertz CT molecular complexity index is 1420. The summed E-state index contributed by atoms with van der Waals surface area (Å²) in [6.07, 6.45) is 2.56. The van der Waals surface area contributed by atoms with E-state index in [0.717, 1.165) is 16.5 Å². The Morgan fingerprint density at radius 1 is 1.06 bits per heavy atom. The van der Waals surface area contributed by atoms with Crippen molar-refractivity contribution in [2.75, 3.05) is 17.9 Å². The SMILES string of the molecule is CCOc1ccc(NS(=O)(=O)c2cc(C(=O)NCCc3c[nH]c4ccccc34)ccc2Cl)cc1. The summed E-state index contributed by atoms with van der Waals surface area (Å²) in [4.78, 5) is 15.7. The van der Waals surface area contributed by atoms with Crippen LogP contribution in [-0.2, 0) is 16.4 Å². The number of aromatic amines is 1. The molecule has 0 saturated heterocycles. The van der Waals surface area contributed by atoms with Crippen LogP contribution in [0.1, 0.15) is 22.8 Å². The number of H-pyrrole nitrogens is 1. The molecular weight excluding hydrogens is 474 g/mol. The number of sulfonamides is 1. The molecule has 0 unspecified atom stereocenters. The van der Waals surface area contributed by atoms with E-state index >= 15 is 0 Å². The number of ether oxygens (including phenoxy) is 1. The Labute approximate surface area is 203 Å². The Balaban J connectivity index is 1.44. The number of carbonyl (C=O) groups is 1. The molecule has 0 fully saturated rings. The Morgan fingerprint density at radius 3 is 2.59 bits per heavy atom. The van der Waals surface area contributed by atoms with Crippen molar-refractivity contribution in [2.45, 2.75) is 18.2 Å². The maximum Gasteiger partial charge on any atom is 0.263 e. The zero-order valence-electron chi connectivity index (χ0n) is 18.5. The number of amides is 1. The predicted molar refractivity (Wildman–Crippen MR) is 134 cm³/mol. The van der Waals surface area contributed by atoms with Gasteiger partial charge in [-0.1, -0.05) is 29.8 Å². The number of carbonyl (C=O) groups excluding carboxylic acids is 1. The van der Waals surface area contributed by atoms with E-state index < -0.39 is 10.0 Å². The first kappa shape index (κ1) is 23.7. The molecule has 1 heterocycles. The standard InChI is InChI=1S/C25H24ClN3O4S/c1-2-33-20-10-8-19(9-11-20)29-34(31,32)24-15-17(7-12-22(24)26)25(30)27-14-13-18-16-28-23-6-4-3-5-21(18)23/h3-12,15-16,28-29H,2,13-14H2,1H3,(H,27,30). The van der Waals surface area contributed by atoms with Crippen LogP contribution in [0.3, 0.4) is 0 Å². The topological polar surface area (TPSA) is 100 Å². The zero-order chi connectivity index (χ0) is 24.1. The minimum Gasteiger partial charge on any atom is -0.494 e. The second-order valence-corrected chi connectivity index (χ2v) is 9.63. The van der Waals surface area contributed by atoms with Crippen molar-refractivity contribution < 1.29 is 17.9 Å². The smallest absolute Gasteiger partial charge is 0.263 e. The van der Waals surface area contributed by atoms with Crippen molar-refractivity contribution in [1.29, 1.82) is 0 Å². The van der Waals surface area contributed by atoms with Gasteiger partial charge in [-0.3, -0.25) is 9.52 Å². The number of halogens is 1. The molecule has 0 radical (unpaired) electrons. The first-order valence-electron chi connectivity index (χ1n) is 10.8. The lowest BCUT2D eigenvalue weighted by Crippen LogP contribution is -2.26. The molecule has 3 N–H and O–H groups in total. The van der Waals surface area contributed by atoms with Gasteiger partial charge >= 0.3 is 0 Å². The summed E-state index contributed by atoms with van der Waals surface area (Å²) in [6.45, 7) is 2.77. The third kappa shape index (κ3) is 5.35. The average molecular weight is 498 g/mol. The van der Waals surface area contributed by atoms with E-state index in [4.69, 9.17) is 16.3 Å². The summed E-state index contributed by atoms with van der Waals surface area (Å²) < 4.78 is 33.7. The molecule has 0 aliphatic heterocycles. The highest BCUT2D eigenvalue weighted by atomic mass is 35.5. The lowest BCUT2D eigenvalue weighted by atomic mass is 10.1. The number of anilines is 1. The normalized spacial score (nSPS) is 11.4. The number of hydrogen-bond donors (Lipinski definition) is 3. The van der Waals surface area contributed by atoms with E-state index in [2.05, 4.69) is 15.0 Å². The van der Waals surface area contributed by atoms with E-state index in [1.165, 1.54) is 18.2 Å². The van der Waals surface area contributed by atoms with Crippen LogP contribution < -0.4 is 14.8 Å². The van der Waals surface area contributed by atoms with Crippen molar-refractivity contribution in [2.24, 2.45) is 0 Å². The van der Waals surface area contributed by atoms with Crippen LogP contribution in [0.15, 0.2) is 77.8 Å². The predicted octanol–water partition coefficient (Wildman–Crippen LogP) is 4.99. The molecular formula is C25H24ClN3O4S. The van der Waals surface area contributed by atoms with Gasteiger partial charge in [-0.05, 0) is 67.4 Å². The van der Waals surface area contributed by atoms with Gasteiger partial charge in [-0.15, -0.1) is 0 Å². The molecule has 9 heteroatoms. The molecule has 1 amide bonds. The van der Waals surface area contributed by atoms with Crippen molar-refractivity contribution in [3.63, 3.8) is 0 Å². The third-order valence-corrected chi connectivity index (χ3v) is 7.12. The molecule has 4 aromatic rings. The van der Waals surface area contributed by atoms with Crippen molar-refractivity contribution >= 4 is 44.1 Å². The monoisotopic (exact) mass is 497 g/mol. The minimum atomic E-state index is -4.01. The fourth-order valence-corrected chi connectivity index (χ4v) is 5.18. The van der Waals surface area contributed by atoms with E-state index in [0.29, 0.717) is 31.0 Å². The lowest BCUT2D eigenvalue weighted by molar-refractivity contribution is 0.0954. The quantitative estimate of drug-likeness (QED) is 0.303. The number of rotatable bonds is 9. The largest absolute Gasteiger partial charge is 0.494 e. The van der Waals surface area contributed by atoms with Gasteiger partial charge in [0.05, 0.1) is 11.6 Å². The number of nitrogens with one attached hydrogen (secondary N) is 3. The molecule has 0 aliphatic rings. The molecule has 0 aliphatic carbocycles. The number of fused-ring (bicyclic) bond motifs is 1. The Hall–Kier alpha value is -3.49. The van der Waals surface area contributed by atoms with E-state index in [1.807, 2.05) is 37.4 Å². The Kier molecular flexibility index (Phi) is 7.09. The average Bonchev–Trinajstić information content (AvgIpc) is 3.23. The molecule has 34 heavy (non-hydrogen) atoms. The van der Waals surface area contributed by atoms with Crippen LogP contribution in [-0.4, -0.2) is 32.5 Å². The molecule has 0 bridgehead atoms. The summed E-state index contributed by atoms with van der Waals surface area (Å²) in [7, 11) is -4.01. The van der Waals surface area contributed by atoms with Crippen molar-refractivity contribution in [3.05, 3.63) is 89.1 Å². The maximum absolute atomic E-state index is 12.9. The van der Waals surface area contributed by atoms with Gasteiger partial charge in [0, 0.05) is 34.9 Å². The maximum atomic E-state index is 12.9. The summed E-state index contributed by atoms with van der Waals surface area (Å²) in [5.74, 6) is 0.254. The summed E-state index contributed by atoms with van der Waals surface area (Å²) in [6, 6.07) is 18.7. The van der Waals surface area contributed by atoms with Gasteiger partial charge in [0.25, 0.3) is 15.9 Å². The van der Waals surface area contributed by atoms with E-state index in [1.54, 1.807) is 24.3 Å². The van der Waals surface area contributed by atoms with Gasteiger partial charge in [-0.2, -0.15) is 0 Å². The van der Waals surface area contributed by atoms with Gasteiger partial charge in [0.2, 0.25) is 0 Å². The fraction of sp³-hybridized carbons (Fsp3) is 0.160. The van der Waals surface area contributed by atoms with Crippen molar-refractivity contribution in [1.82, 2.24) is 10.3 Å². The first-order chi connectivity index (χ1) is 16.4. The third-order valence-electron chi connectivity index (χ3n) is 5.26. The van der Waals surface area contributed by atoms with E-state index in [9.17, 15) is 13.2 Å². The molecule has 176 valence electrons. The zero-order valence-corrected chi connectivity index (χ0v) is 20.0. The van der Waals surface area contributed by atoms with Gasteiger partial charge < -0.3 is 15.0 Å². The number of para-hydroxylation sites is 1. The van der Waals surface area contributed by atoms with E-state index in [-0.39, 0.29) is 21.4 Å². The van der Waals surface area contributed by atoms with Crippen LogP contribution in [0, 0.1) is 0 Å². The Morgan fingerprint density at radius 2 is 1.82 bits per heavy atom. The summed E-state index contributed by atoms with van der Waals surface area (Å²) in [5.41, 5.74) is 2.69.